The molecule has 1 amide bonds. The van der Waals surface area contributed by atoms with Gasteiger partial charge in [-0.3, -0.25) is 9.36 Å². The second-order valence-corrected chi connectivity index (χ2v) is 8.01. The van der Waals surface area contributed by atoms with Gasteiger partial charge in [0.2, 0.25) is 16.2 Å². The second-order valence-electron chi connectivity index (χ2n) is 7.07. The van der Waals surface area contributed by atoms with Crippen LogP contribution in [0.5, 0.6) is 0 Å². The topological polar surface area (TPSA) is 63.1 Å². The predicted octanol–water partition coefficient (Wildman–Crippen LogP) is 3.94. The van der Waals surface area contributed by atoms with Gasteiger partial charge in [0.15, 0.2) is 0 Å². The molecule has 0 saturated carbocycles. The van der Waals surface area contributed by atoms with Crippen LogP contribution in [0.15, 0.2) is 36.4 Å². The third kappa shape index (κ3) is 3.64. The van der Waals surface area contributed by atoms with Crippen LogP contribution >= 0.6 is 11.3 Å². The molecule has 146 valence electrons. The van der Waals surface area contributed by atoms with Crippen molar-refractivity contribution in [3.05, 3.63) is 53.6 Å². The van der Waals surface area contributed by atoms with Crippen molar-refractivity contribution in [3.8, 4) is 5.13 Å². The SMILES string of the molecule is Cc1ccc(C)n1-c1nnc(N2CCC[C@H](C(=O)Nc3ccccc3F)C2)s1. The first-order valence-electron chi connectivity index (χ1n) is 9.32. The molecule has 0 unspecified atom stereocenters. The number of anilines is 2. The van der Waals surface area contributed by atoms with Crippen LogP contribution in [-0.2, 0) is 4.79 Å². The van der Waals surface area contributed by atoms with E-state index < -0.39 is 5.82 Å². The Bertz CT molecular complexity index is 979. The Morgan fingerprint density at radius 3 is 2.61 bits per heavy atom. The van der Waals surface area contributed by atoms with Crippen molar-refractivity contribution in [1.82, 2.24) is 14.8 Å². The number of benzene rings is 1. The summed E-state index contributed by atoms with van der Waals surface area (Å²) in [5.74, 6) is -0.790. The maximum Gasteiger partial charge on any atom is 0.229 e. The van der Waals surface area contributed by atoms with Crippen molar-refractivity contribution < 1.29 is 9.18 Å². The number of halogens is 1. The van der Waals surface area contributed by atoms with Crippen molar-refractivity contribution in [3.63, 3.8) is 0 Å². The van der Waals surface area contributed by atoms with Gasteiger partial charge in [-0.15, -0.1) is 10.2 Å². The van der Waals surface area contributed by atoms with E-state index in [9.17, 15) is 9.18 Å². The zero-order chi connectivity index (χ0) is 19.7. The summed E-state index contributed by atoms with van der Waals surface area (Å²) in [4.78, 5) is 14.7. The summed E-state index contributed by atoms with van der Waals surface area (Å²) in [5, 5.41) is 13.1. The molecule has 1 atom stereocenters. The average molecular weight is 399 g/mol. The fourth-order valence-electron chi connectivity index (χ4n) is 3.56. The summed E-state index contributed by atoms with van der Waals surface area (Å²) in [7, 11) is 0. The second kappa shape index (κ2) is 7.71. The van der Waals surface area contributed by atoms with Crippen molar-refractivity contribution in [2.24, 2.45) is 5.92 Å². The molecule has 8 heteroatoms. The van der Waals surface area contributed by atoms with Crippen LogP contribution in [0, 0.1) is 25.6 Å². The van der Waals surface area contributed by atoms with Crippen LogP contribution < -0.4 is 10.2 Å². The van der Waals surface area contributed by atoms with E-state index in [4.69, 9.17) is 0 Å². The monoisotopic (exact) mass is 399 g/mol. The molecular weight excluding hydrogens is 377 g/mol. The molecule has 1 aromatic carbocycles. The van der Waals surface area contributed by atoms with E-state index >= 15 is 0 Å². The number of rotatable bonds is 4. The van der Waals surface area contributed by atoms with Gasteiger partial charge in [-0.2, -0.15) is 0 Å². The third-order valence-electron chi connectivity index (χ3n) is 5.06. The number of para-hydroxylation sites is 1. The lowest BCUT2D eigenvalue weighted by atomic mass is 9.97. The number of nitrogens with one attached hydrogen (secondary N) is 1. The number of amides is 1. The van der Waals surface area contributed by atoms with Gasteiger partial charge < -0.3 is 10.2 Å². The van der Waals surface area contributed by atoms with Crippen LogP contribution in [0.2, 0.25) is 0 Å². The lowest BCUT2D eigenvalue weighted by Crippen LogP contribution is -2.40. The predicted molar refractivity (Wildman–Crippen MR) is 109 cm³/mol. The van der Waals surface area contributed by atoms with E-state index in [1.807, 2.05) is 13.8 Å². The number of piperidine rings is 1. The Hall–Kier alpha value is -2.74. The number of hydrogen-bond acceptors (Lipinski definition) is 5. The van der Waals surface area contributed by atoms with Gasteiger partial charge in [0.1, 0.15) is 5.82 Å². The van der Waals surface area contributed by atoms with E-state index in [-0.39, 0.29) is 17.5 Å². The number of aryl methyl sites for hydroxylation is 2. The molecule has 6 nitrogen and oxygen atoms in total. The van der Waals surface area contributed by atoms with Crippen molar-refractivity contribution >= 4 is 28.1 Å². The summed E-state index contributed by atoms with van der Waals surface area (Å²) in [5.41, 5.74) is 2.45. The first-order valence-corrected chi connectivity index (χ1v) is 10.1. The molecule has 1 N–H and O–H groups in total. The third-order valence-corrected chi connectivity index (χ3v) is 6.03. The highest BCUT2D eigenvalue weighted by Crippen LogP contribution is 2.29. The van der Waals surface area contributed by atoms with Gasteiger partial charge in [-0.1, -0.05) is 23.5 Å². The van der Waals surface area contributed by atoms with Gasteiger partial charge in [0, 0.05) is 24.5 Å². The molecule has 1 fully saturated rings. The summed E-state index contributed by atoms with van der Waals surface area (Å²) in [6, 6.07) is 10.3. The summed E-state index contributed by atoms with van der Waals surface area (Å²) >= 11 is 1.52. The van der Waals surface area contributed by atoms with E-state index in [0.29, 0.717) is 6.54 Å². The molecule has 1 aliphatic heterocycles. The largest absolute Gasteiger partial charge is 0.346 e. The molecule has 0 bridgehead atoms. The smallest absolute Gasteiger partial charge is 0.229 e. The zero-order valence-corrected chi connectivity index (χ0v) is 16.7. The fourth-order valence-corrected chi connectivity index (χ4v) is 4.56. The molecule has 28 heavy (non-hydrogen) atoms. The highest BCUT2D eigenvalue weighted by atomic mass is 32.1. The normalized spacial score (nSPS) is 17.0. The van der Waals surface area contributed by atoms with Gasteiger partial charge in [0.05, 0.1) is 11.6 Å². The first kappa shape index (κ1) is 18.6. The Kier molecular flexibility index (Phi) is 5.13. The number of nitrogens with zero attached hydrogens (tertiary/aromatic N) is 4. The van der Waals surface area contributed by atoms with Crippen molar-refractivity contribution in [1.29, 1.82) is 0 Å². The molecule has 1 aliphatic rings. The van der Waals surface area contributed by atoms with Gasteiger partial charge >= 0.3 is 0 Å². The quantitative estimate of drug-likeness (QED) is 0.722. The minimum absolute atomic E-state index is 0.156. The summed E-state index contributed by atoms with van der Waals surface area (Å²) < 4.78 is 15.9. The minimum atomic E-state index is -0.422. The van der Waals surface area contributed by atoms with Crippen LogP contribution in [-0.4, -0.2) is 33.8 Å². The van der Waals surface area contributed by atoms with Crippen molar-refractivity contribution in [2.45, 2.75) is 26.7 Å². The highest BCUT2D eigenvalue weighted by Gasteiger charge is 2.28. The fraction of sp³-hybridized carbons (Fsp3) is 0.350. The summed E-state index contributed by atoms with van der Waals surface area (Å²) in [6.45, 7) is 5.47. The van der Waals surface area contributed by atoms with Gasteiger partial charge in [-0.25, -0.2) is 4.39 Å². The Labute approximate surface area is 167 Å². The lowest BCUT2D eigenvalue weighted by molar-refractivity contribution is -0.120. The lowest BCUT2D eigenvalue weighted by Gasteiger charge is -2.31. The van der Waals surface area contributed by atoms with Gasteiger partial charge in [0.25, 0.3) is 0 Å². The van der Waals surface area contributed by atoms with E-state index in [1.165, 1.54) is 17.4 Å². The van der Waals surface area contributed by atoms with Gasteiger partial charge in [-0.05, 0) is 51.0 Å². The Morgan fingerprint density at radius 2 is 1.86 bits per heavy atom. The standard InChI is InChI=1S/C20H22FN5OS/c1-13-9-10-14(2)26(13)20-24-23-19(28-20)25-11-5-6-15(12-25)18(27)22-17-8-4-3-7-16(17)21/h3-4,7-10,15H,5-6,11-12H2,1-2H3,(H,22,27)/t15-/m0/s1. The van der Waals surface area contributed by atoms with Crippen molar-refractivity contribution in [2.75, 3.05) is 23.3 Å². The highest BCUT2D eigenvalue weighted by molar-refractivity contribution is 7.17. The van der Waals surface area contributed by atoms with Crippen LogP contribution in [0.25, 0.3) is 5.13 Å². The maximum atomic E-state index is 13.8. The Morgan fingerprint density at radius 1 is 1.14 bits per heavy atom. The van der Waals surface area contributed by atoms with Crippen LogP contribution in [0.4, 0.5) is 15.2 Å². The Balaban J connectivity index is 1.47. The minimum Gasteiger partial charge on any atom is -0.346 e. The maximum absolute atomic E-state index is 13.8. The summed E-state index contributed by atoms with van der Waals surface area (Å²) in [6.07, 6.45) is 1.66. The molecule has 1 saturated heterocycles. The molecule has 4 rings (SSSR count). The number of hydrogen-bond donors (Lipinski definition) is 1. The van der Waals surface area contributed by atoms with Crippen LogP contribution in [0.3, 0.4) is 0 Å². The molecule has 0 aliphatic carbocycles. The van der Waals surface area contributed by atoms with E-state index in [1.54, 1.807) is 18.2 Å². The van der Waals surface area contributed by atoms with Crippen LogP contribution in [0.1, 0.15) is 24.2 Å². The van der Waals surface area contributed by atoms with E-state index in [2.05, 4.69) is 37.1 Å². The molecule has 0 radical (unpaired) electrons. The molecule has 3 aromatic rings. The molecular formula is C20H22FN5OS. The molecule has 0 spiro atoms. The zero-order valence-electron chi connectivity index (χ0n) is 15.9. The number of carbonyl (C=O) groups is 1. The first-order chi connectivity index (χ1) is 13.5. The number of aromatic nitrogens is 3. The molecule has 2 aromatic heterocycles. The molecule has 3 heterocycles. The average Bonchev–Trinajstić information content (AvgIpc) is 3.30. The van der Waals surface area contributed by atoms with E-state index in [0.717, 1.165) is 41.0 Å². The number of carbonyl (C=O) groups excluding carboxylic acids is 1.